The Morgan fingerprint density at radius 3 is 2.67 bits per heavy atom. The molecule has 7 rings (SSSR count). The molecule has 11 heteroatoms. The molecule has 0 bridgehead atoms. The van der Waals surface area contributed by atoms with Crippen LogP contribution in [0.5, 0.6) is 5.75 Å². The Morgan fingerprint density at radius 2 is 1.88 bits per heavy atom. The predicted molar refractivity (Wildman–Crippen MR) is 156 cm³/mol. The summed E-state index contributed by atoms with van der Waals surface area (Å²) >= 11 is 0. The molecule has 1 aromatic carbocycles. The van der Waals surface area contributed by atoms with Crippen LogP contribution in [-0.4, -0.2) is 86.4 Å². The first-order chi connectivity index (χ1) is 20.2. The summed E-state index contributed by atoms with van der Waals surface area (Å²) in [6, 6.07) is 12.1. The lowest BCUT2D eigenvalue weighted by molar-refractivity contribution is -0.141. The van der Waals surface area contributed by atoms with Crippen LogP contribution in [0.15, 0.2) is 48.8 Å². The lowest BCUT2D eigenvalue weighted by atomic mass is 9.91. The Balaban J connectivity index is 1.12. The molecule has 3 aromatic heterocycles. The molecule has 11 nitrogen and oxygen atoms in total. The maximum Gasteiger partial charge on any atom is 0.248 e. The molecule has 4 aromatic rings. The van der Waals surface area contributed by atoms with Crippen LogP contribution in [0.3, 0.4) is 0 Å². The minimum Gasteiger partial charge on any atom is -0.490 e. The molecular weight excluding hydrogens is 534 g/mol. The summed E-state index contributed by atoms with van der Waals surface area (Å²) in [5, 5.41) is 0. The van der Waals surface area contributed by atoms with E-state index in [2.05, 4.69) is 22.5 Å². The average molecular weight is 570 g/mol. The first-order valence-electron chi connectivity index (χ1n) is 14.4. The van der Waals surface area contributed by atoms with Crippen molar-refractivity contribution in [3.05, 3.63) is 60.2 Å². The molecule has 218 valence electrons. The Bertz CT molecular complexity index is 1650. The number of piperazine rings is 1. The number of imidazole rings is 1. The number of hydrogen-bond donors (Lipinski definition) is 0. The molecule has 0 radical (unpaired) electrons. The normalized spacial score (nSPS) is 21.9. The van der Waals surface area contributed by atoms with Crippen molar-refractivity contribution < 1.29 is 19.0 Å². The van der Waals surface area contributed by atoms with E-state index < -0.39 is 5.54 Å². The van der Waals surface area contributed by atoms with E-state index in [1.807, 2.05) is 68.4 Å². The van der Waals surface area contributed by atoms with Gasteiger partial charge in [-0.05, 0) is 45.9 Å². The highest BCUT2D eigenvalue weighted by atomic mass is 16.5. The van der Waals surface area contributed by atoms with Gasteiger partial charge in [0.05, 0.1) is 17.9 Å². The quantitative estimate of drug-likeness (QED) is 0.365. The highest BCUT2D eigenvalue weighted by molar-refractivity contribution is 5.78. The van der Waals surface area contributed by atoms with Gasteiger partial charge in [-0.1, -0.05) is 18.2 Å². The number of carbonyl (C=O) groups is 1. The third kappa shape index (κ3) is 4.57. The highest BCUT2D eigenvalue weighted by Gasteiger charge is 2.47. The Labute approximate surface area is 244 Å². The van der Waals surface area contributed by atoms with Crippen LogP contribution in [0, 0.1) is 0 Å². The zero-order valence-electron chi connectivity index (χ0n) is 24.4. The second-order valence-electron chi connectivity index (χ2n) is 12.3. The van der Waals surface area contributed by atoms with Crippen molar-refractivity contribution >= 4 is 23.0 Å². The van der Waals surface area contributed by atoms with Crippen molar-refractivity contribution in [2.75, 3.05) is 44.4 Å². The fraction of sp³-hybridized carbons (Fsp3) is 0.452. The highest BCUT2D eigenvalue weighted by Crippen LogP contribution is 2.44. The zero-order valence-corrected chi connectivity index (χ0v) is 24.4. The number of ether oxygens (including phenoxy) is 3. The van der Waals surface area contributed by atoms with Crippen LogP contribution < -0.4 is 9.64 Å². The molecule has 0 aliphatic carbocycles. The number of amides is 1. The second kappa shape index (κ2) is 10.0. The smallest absolute Gasteiger partial charge is 0.248 e. The van der Waals surface area contributed by atoms with Gasteiger partial charge >= 0.3 is 0 Å². The Hall–Kier alpha value is -4.09. The number of aromatic nitrogens is 5. The second-order valence-corrected chi connectivity index (χ2v) is 12.3. The number of pyridine rings is 1. The molecule has 0 saturated carbocycles. The standard InChI is InChI=1S/C31H35N7O4/c1-20-15-36(27(39)17-42-30(2,3)4)11-12-37(20)29-32-13-21(14-33-29)23-9-10-24-28(35-23)38-26(34-24)16-40-18-31(38)19-41-25-8-6-5-7-22(25)31/h5-10,13-14,20H,11-12,15-19H2,1-4H3/t20-,31?/m0/s1. The fourth-order valence-electron chi connectivity index (χ4n) is 6.10. The maximum absolute atomic E-state index is 12.7. The molecule has 1 amide bonds. The molecule has 42 heavy (non-hydrogen) atoms. The molecule has 6 heterocycles. The van der Waals surface area contributed by atoms with E-state index in [-0.39, 0.29) is 24.2 Å². The van der Waals surface area contributed by atoms with E-state index in [1.165, 1.54) is 0 Å². The van der Waals surface area contributed by atoms with Gasteiger partial charge in [0.25, 0.3) is 0 Å². The van der Waals surface area contributed by atoms with Gasteiger partial charge in [-0.25, -0.2) is 19.9 Å². The van der Waals surface area contributed by atoms with E-state index >= 15 is 0 Å². The van der Waals surface area contributed by atoms with E-state index in [4.69, 9.17) is 34.1 Å². The zero-order chi connectivity index (χ0) is 29.1. The topological polar surface area (TPSA) is 108 Å². The number of fused-ring (bicyclic) bond motifs is 6. The largest absolute Gasteiger partial charge is 0.490 e. The molecule has 1 spiro atoms. The fourth-order valence-corrected chi connectivity index (χ4v) is 6.10. The third-order valence-electron chi connectivity index (χ3n) is 8.23. The van der Waals surface area contributed by atoms with Crippen molar-refractivity contribution in [3.8, 4) is 17.0 Å². The first-order valence-corrected chi connectivity index (χ1v) is 14.4. The number of rotatable bonds is 4. The van der Waals surface area contributed by atoms with Crippen LogP contribution in [-0.2, 0) is 26.4 Å². The van der Waals surface area contributed by atoms with Gasteiger partial charge < -0.3 is 24.0 Å². The molecule has 1 fully saturated rings. The average Bonchev–Trinajstić information content (AvgIpc) is 3.55. The molecular formula is C31H35N7O4. The minimum absolute atomic E-state index is 0.0113. The summed E-state index contributed by atoms with van der Waals surface area (Å²) in [6.45, 7) is 11.3. The van der Waals surface area contributed by atoms with Gasteiger partial charge in [-0.15, -0.1) is 0 Å². The Kier molecular flexibility index (Phi) is 6.39. The van der Waals surface area contributed by atoms with Crippen molar-refractivity contribution in [1.82, 2.24) is 29.4 Å². The molecule has 1 unspecified atom stereocenters. The Morgan fingerprint density at radius 1 is 1.07 bits per heavy atom. The number of anilines is 1. The SMILES string of the molecule is C[C@H]1CN(C(=O)COC(C)(C)C)CCN1c1ncc(-c2ccc3nc4n(c3n2)C2(COC4)COc3ccccc32)cn1. The van der Waals surface area contributed by atoms with E-state index in [0.717, 1.165) is 39.6 Å². The minimum atomic E-state index is -0.510. The number of para-hydroxylation sites is 1. The van der Waals surface area contributed by atoms with Crippen LogP contribution in [0.25, 0.3) is 22.4 Å². The summed E-state index contributed by atoms with van der Waals surface area (Å²) in [6.07, 6.45) is 3.64. The summed E-state index contributed by atoms with van der Waals surface area (Å²) in [5.41, 5.74) is 3.43. The molecule has 3 aliphatic heterocycles. The summed E-state index contributed by atoms with van der Waals surface area (Å²) in [4.78, 5) is 36.0. The first kappa shape index (κ1) is 26.8. The number of nitrogens with zero attached hydrogens (tertiary/aromatic N) is 7. The van der Waals surface area contributed by atoms with Gasteiger partial charge in [-0.2, -0.15) is 0 Å². The number of hydrogen-bond acceptors (Lipinski definition) is 9. The van der Waals surface area contributed by atoms with E-state index in [0.29, 0.717) is 45.4 Å². The lowest BCUT2D eigenvalue weighted by Crippen LogP contribution is -2.55. The molecule has 1 saturated heterocycles. The van der Waals surface area contributed by atoms with Crippen LogP contribution in [0.1, 0.15) is 39.1 Å². The summed E-state index contributed by atoms with van der Waals surface area (Å²) in [5.74, 6) is 2.36. The molecule has 3 aliphatic rings. The van der Waals surface area contributed by atoms with Crippen molar-refractivity contribution in [2.45, 2.75) is 51.5 Å². The monoisotopic (exact) mass is 569 g/mol. The third-order valence-corrected chi connectivity index (χ3v) is 8.23. The number of carbonyl (C=O) groups excluding carboxylic acids is 1. The lowest BCUT2D eigenvalue weighted by Gasteiger charge is -2.40. The molecule has 2 atom stereocenters. The maximum atomic E-state index is 12.7. The van der Waals surface area contributed by atoms with Gasteiger partial charge in [-0.3, -0.25) is 9.36 Å². The van der Waals surface area contributed by atoms with Crippen LogP contribution >= 0.6 is 0 Å². The van der Waals surface area contributed by atoms with Gasteiger partial charge in [0.2, 0.25) is 11.9 Å². The summed E-state index contributed by atoms with van der Waals surface area (Å²) < 4.78 is 20.0. The van der Waals surface area contributed by atoms with Crippen molar-refractivity contribution in [1.29, 1.82) is 0 Å². The van der Waals surface area contributed by atoms with Crippen molar-refractivity contribution in [3.63, 3.8) is 0 Å². The van der Waals surface area contributed by atoms with Gasteiger partial charge in [0, 0.05) is 49.2 Å². The van der Waals surface area contributed by atoms with Gasteiger partial charge in [0.15, 0.2) is 5.65 Å². The van der Waals surface area contributed by atoms with Crippen LogP contribution in [0.2, 0.25) is 0 Å². The van der Waals surface area contributed by atoms with E-state index in [9.17, 15) is 4.79 Å². The van der Waals surface area contributed by atoms with Crippen LogP contribution in [0.4, 0.5) is 5.95 Å². The molecule has 0 N–H and O–H groups in total. The predicted octanol–water partition coefficient (Wildman–Crippen LogP) is 3.41. The van der Waals surface area contributed by atoms with Gasteiger partial charge in [0.1, 0.15) is 42.5 Å². The number of benzene rings is 1. The van der Waals surface area contributed by atoms with Crippen molar-refractivity contribution in [2.24, 2.45) is 0 Å². The summed E-state index contributed by atoms with van der Waals surface area (Å²) in [7, 11) is 0. The van der Waals surface area contributed by atoms with E-state index in [1.54, 1.807) is 0 Å².